The largest absolute Gasteiger partial charge is 0.383 e. The third kappa shape index (κ3) is 11.4. The smallest absolute Gasteiger partial charge is 0.250 e. The van der Waals surface area contributed by atoms with E-state index in [1.54, 1.807) is 78.1 Å². The molecule has 8 rings (SSSR count). The Kier molecular flexibility index (Phi) is 15.1. The molecule has 0 spiro atoms. The minimum atomic E-state index is -0.508. The van der Waals surface area contributed by atoms with Gasteiger partial charge in [0.15, 0.2) is 0 Å². The number of carbonyl (C=O) groups is 2. The molecule has 0 radical (unpaired) electrons. The molecule has 5 N–H and O–H groups in total. The van der Waals surface area contributed by atoms with Crippen LogP contribution in [-0.4, -0.2) is 65.6 Å². The molecule has 5 aromatic heterocycles. The lowest BCUT2D eigenvalue weighted by atomic mass is 10.0. The Hall–Kier alpha value is -7.81. The van der Waals surface area contributed by atoms with Crippen molar-refractivity contribution in [1.29, 1.82) is 10.5 Å². The Morgan fingerprint density at radius 1 is 0.631 bits per heavy atom. The van der Waals surface area contributed by atoms with Crippen LogP contribution in [0.3, 0.4) is 0 Å². The van der Waals surface area contributed by atoms with Gasteiger partial charge in [-0.1, -0.05) is 53.0 Å². The summed E-state index contributed by atoms with van der Waals surface area (Å²) in [6.45, 7) is 5.86. The number of carbonyl (C=O) groups excluding carboxylic acids is 2. The number of amides is 1. The molecule has 16 heteroatoms. The van der Waals surface area contributed by atoms with Crippen molar-refractivity contribution in [3.8, 4) is 68.7 Å². The van der Waals surface area contributed by atoms with E-state index in [0.717, 1.165) is 50.5 Å². The molecule has 0 saturated heterocycles. The predicted octanol–water partition coefficient (Wildman–Crippen LogP) is 10.9. The number of benzene rings is 3. The average molecular weight is 921 g/mol. The number of hydrogen-bond donors (Lipinski definition) is 4. The summed E-state index contributed by atoms with van der Waals surface area (Å²) in [6, 6.07) is 29.5. The summed E-state index contributed by atoms with van der Waals surface area (Å²) in [7, 11) is 3.67. The number of allylic oxidation sites excluding steroid dienone is 1. The van der Waals surface area contributed by atoms with Crippen molar-refractivity contribution in [2.24, 2.45) is 5.73 Å². The number of primary amides is 1. The van der Waals surface area contributed by atoms with E-state index < -0.39 is 5.91 Å². The van der Waals surface area contributed by atoms with Crippen LogP contribution in [0.2, 0.25) is 15.1 Å². The minimum Gasteiger partial charge on any atom is -0.383 e. The number of nitrogens with zero attached hydrogens (tertiary/aromatic N) is 7. The Morgan fingerprint density at radius 2 is 1.08 bits per heavy atom. The maximum Gasteiger partial charge on any atom is 0.250 e. The zero-order chi connectivity index (χ0) is 46.8. The Morgan fingerprint density at radius 3 is 1.52 bits per heavy atom. The second-order valence-corrected chi connectivity index (χ2v) is 16.0. The van der Waals surface area contributed by atoms with Gasteiger partial charge in [0.2, 0.25) is 5.78 Å². The van der Waals surface area contributed by atoms with Crippen LogP contribution in [0, 0.1) is 43.4 Å². The first-order valence-corrected chi connectivity index (χ1v) is 20.8. The van der Waals surface area contributed by atoms with Crippen LogP contribution in [0.25, 0.3) is 56.5 Å². The van der Waals surface area contributed by atoms with Crippen LogP contribution >= 0.6 is 34.8 Å². The zero-order valence-corrected chi connectivity index (χ0v) is 38.0. The third-order valence-corrected chi connectivity index (χ3v) is 10.6. The molecular weight excluding hydrogens is 881 g/mol. The second-order valence-electron chi connectivity index (χ2n) is 14.7. The molecule has 65 heavy (non-hydrogen) atoms. The number of H-pyrrole nitrogens is 3. The van der Waals surface area contributed by atoms with Gasteiger partial charge in [-0.25, -0.2) is 19.9 Å². The van der Waals surface area contributed by atoms with E-state index in [1.165, 1.54) is 18.7 Å². The monoisotopic (exact) mass is 919 g/mol. The summed E-state index contributed by atoms with van der Waals surface area (Å²) in [5.41, 5.74) is 17.8. The molecule has 0 atom stereocenters. The second kappa shape index (κ2) is 21.0. The van der Waals surface area contributed by atoms with Gasteiger partial charge in [0.25, 0.3) is 5.91 Å². The highest BCUT2D eigenvalue weighted by Crippen LogP contribution is 2.34. The highest BCUT2D eigenvalue weighted by atomic mass is 35.5. The summed E-state index contributed by atoms with van der Waals surface area (Å²) in [6.07, 6.45) is 9.36. The van der Waals surface area contributed by atoms with Crippen LogP contribution < -0.4 is 5.73 Å². The SMILES string of the molecule is Cc1ccc(Cl)cc1-c1[nH]c(-c2ccncn2)cc1C#N.Cc1ccc(Cl)cc1-c1[nH]c(-c2ccncn2)cc1C(N)=O.Cc1ccc(Cl)cc1-c1[nH]c(C(=O)/C=C/N(C)C)cc1C#N. The lowest BCUT2D eigenvalue weighted by Crippen LogP contribution is -2.11. The first-order valence-electron chi connectivity index (χ1n) is 19.7. The maximum absolute atomic E-state index is 12.1. The maximum atomic E-state index is 12.1. The molecule has 0 aliphatic heterocycles. The van der Waals surface area contributed by atoms with Gasteiger partial charge >= 0.3 is 0 Å². The van der Waals surface area contributed by atoms with Crippen molar-refractivity contribution < 1.29 is 9.59 Å². The minimum absolute atomic E-state index is 0.184. The van der Waals surface area contributed by atoms with Gasteiger partial charge in [0, 0.05) is 70.5 Å². The lowest BCUT2D eigenvalue weighted by molar-refractivity contribution is 0.0999. The fourth-order valence-corrected chi connectivity index (χ4v) is 7.09. The van der Waals surface area contributed by atoms with E-state index in [0.29, 0.717) is 60.2 Å². The molecular formula is C49H40Cl3N11O2. The van der Waals surface area contributed by atoms with Crippen molar-refractivity contribution in [3.05, 3.63) is 176 Å². The number of aryl methyl sites for hydroxylation is 3. The molecule has 0 bridgehead atoms. The molecule has 0 saturated carbocycles. The van der Waals surface area contributed by atoms with Gasteiger partial charge in [0.05, 0.1) is 62.2 Å². The number of aromatic amines is 3. The van der Waals surface area contributed by atoms with Gasteiger partial charge in [-0.3, -0.25) is 9.59 Å². The number of halogens is 3. The summed E-state index contributed by atoms with van der Waals surface area (Å²) in [5, 5.41) is 20.5. The van der Waals surface area contributed by atoms with E-state index in [-0.39, 0.29) is 5.78 Å². The first-order chi connectivity index (χ1) is 31.2. The molecule has 324 valence electrons. The van der Waals surface area contributed by atoms with E-state index in [9.17, 15) is 20.1 Å². The van der Waals surface area contributed by atoms with Crippen molar-refractivity contribution >= 4 is 46.5 Å². The topological polar surface area (TPSA) is 210 Å². The lowest BCUT2D eigenvalue weighted by Gasteiger charge is -2.06. The summed E-state index contributed by atoms with van der Waals surface area (Å²) in [5.74, 6) is -0.693. The summed E-state index contributed by atoms with van der Waals surface area (Å²) < 4.78 is 0. The number of nitriles is 2. The van der Waals surface area contributed by atoms with Crippen molar-refractivity contribution in [3.63, 3.8) is 0 Å². The summed E-state index contributed by atoms with van der Waals surface area (Å²) in [4.78, 5) is 51.3. The quantitative estimate of drug-likeness (QED) is 0.0800. The number of nitrogens with two attached hydrogens (primary N) is 1. The van der Waals surface area contributed by atoms with Gasteiger partial charge in [0.1, 0.15) is 24.8 Å². The van der Waals surface area contributed by atoms with Gasteiger partial charge in [-0.05, 0) is 104 Å². The Labute approximate surface area is 390 Å². The normalized spacial score (nSPS) is 10.6. The van der Waals surface area contributed by atoms with Crippen LogP contribution in [-0.2, 0) is 0 Å². The number of rotatable bonds is 9. The fourth-order valence-electron chi connectivity index (χ4n) is 6.58. The van der Waals surface area contributed by atoms with E-state index in [2.05, 4.69) is 47.0 Å². The molecule has 0 aliphatic carbocycles. The molecule has 5 heterocycles. The predicted molar refractivity (Wildman–Crippen MR) is 255 cm³/mol. The fraction of sp³-hybridized carbons (Fsp3) is 0.102. The van der Waals surface area contributed by atoms with Gasteiger partial charge in [-0.15, -0.1) is 0 Å². The molecule has 0 unspecified atom stereocenters. The van der Waals surface area contributed by atoms with Gasteiger partial charge < -0.3 is 25.6 Å². The number of nitrogens with one attached hydrogen (secondary N) is 3. The summed E-state index contributed by atoms with van der Waals surface area (Å²) >= 11 is 18.2. The first kappa shape index (κ1) is 46.7. The van der Waals surface area contributed by atoms with E-state index >= 15 is 0 Å². The van der Waals surface area contributed by atoms with Gasteiger partial charge in [-0.2, -0.15) is 10.5 Å². The highest BCUT2D eigenvalue weighted by Gasteiger charge is 2.19. The zero-order valence-electron chi connectivity index (χ0n) is 35.7. The number of aromatic nitrogens is 7. The molecule has 13 nitrogen and oxygen atoms in total. The molecule has 1 amide bonds. The molecule has 0 aliphatic rings. The third-order valence-electron chi connectivity index (χ3n) is 9.87. The van der Waals surface area contributed by atoms with E-state index in [4.69, 9.17) is 40.5 Å². The van der Waals surface area contributed by atoms with Crippen LogP contribution in [0.4, 0.5) is 0 Å². The molecule has 0 fully saturated rings. The standard InChI is InChI=1S/C17H16ClN3O.C16H13ClN4O.C16H11ClN4/c1-11-4-5-13(18)9-14(11)17-12(10-19)8-15(20-17)16(22)6-7-21(2)3;1-9-2-3-10(17)6-11(9)15-12(16(18)22)7-14(21-15)13-4-5-19-8-20-13;1-10-2-3-12(17)7-13(10)16-11(8-18)6-15(21-16)14-4-5-19-9-20-14/h4-9,20H,1-3H3;2-8,21H,1H3,(H2,18,22);2-7,9,21H,1H3/b7-6+;;. The van der Waals surface area contributed by atoms with E-state index in [1.807, 2.05) is 65.2 Å². The van der Waals surface area contributed by atoms with Crippen molar-refractivity contribution in [2.45, 2.75) is 20.8 Å². The van der Waals surface area contributed by atoms with Crippen molar-refractivity contribution in [1.82, 2.24) is 39.8 Å². The Bertz CT molecular complexity index is 3120. The molecule has 8 aromatic rings. The molecule has 3 aromatic carbocycles. The average Bonchev–Trinajstić information content (AvgIpc) is 4.07. The van der Waals surface area contributed by atoms with Crippen LogP contribution in [0.5, 0.6) is 0 Å². The number of hydrogen-bond acceptors (Lipinski definition) is 9. The van der Waals surface area contributed by atoms with Crippen molar-refractivity contribution in [2.75, 3.05) is 14.1 Å². The van der Waals surface area contributed by atoms with Crippen LogP contribution in [0.15, 0.2) is 122 Å². The Balaban J connectivity index is 0.000000162. The number of ketones is 1. The highest BCUT2D eigenvalue weighted by molar-refractivity contribution is 6.31. The van der Waals surface area contributed by atoms with Crippen LogP contribution in [0.1, 0.15) is 48.7 Å².